The van der Waals surface area contributed by atoms with Crippen molar-refractivity contribution in [3.63, 3.8) is 0 Å². The highest BCUT2D eigenvalue weighted by molar-refractivity contribution is 9.10. The summed E-state index contributed by atoms with van der Waals surface area (Å²) in [6, 6.07) is 11.9. The number of ether oxygens (including phenoxy) is 1. The summed E-state index contributed by atoms with van der Waals surface area (Å²) >= 11 is 3.35. The van der Waals surface area contributed by atoms with Crippen LogP contribution in [0.3, 0.4) is 0 Å². The standard InChI is InChI=1S/C14H11BrN2O3/c1-20-14-7-6-12(17(18)19)8-13(14)16-9-10-2-4-11(15)5-3-10/h2-9H,1H3. The molecule has 0 heterocycles. The molecule has 0 bridgehead atoms. The van der Waals surface area contributed by atoms with Gasteiger partial charge in [-0.2, -0.15) is 0 Å². The summed E-state index contributed by atoms with van der Waals surface area (Å²) in [4.78, 5) is 14.6. The van der Waals surface area contributed by atoms with E-state index >= 15 is 0 Å². The molecule has 2 aromatic carbocycles. The lowest BCUT2D eigenvalue weighted by atomic mass is 10.2. The molecule has 2 aromatic rings. The highest BCUT2D eigenvalue weighted by Crippen LogP contribution is 2.31. The molecule has 5 nitrogen and oxygen atoms in total. The van der Waals surface area contributed by atoms with Crippen molar-refractivity contribution >= 4 is 33.5 Å². The van der Waals surface area contributed by atoms with E-state index in [1.165, 1.54) is 25.3 Å². The lowest BCUT2D eigenvalue weighted by Gasteiger charge is -2.03. The molecule has 0 saturated heterocycles. The molecule has 0 spiro atoms. The van der Waals surface area contributed by atoms with E-state index in [4.69, 9.17) is 4.74 Å². The second kappa shape index (κ2) is 6.29. The van der Waals surface area contributed by atoms with Crippen LogP contribution in [-0.4, -0.2) is 18.2 Å². The van der Waals surface area contributed by atoms with E-state index in [2.05, 4.69) is 20.9 Å². The van der Waals surface area contributed by atoms with Gasteiger partial charge in [-0.3, -0.25) is 15.1 Å². The minimum absolute atomic E-state index is 0.0197. The first-order chi connectivity index (χ1) is 9.60. The minimum Gasteiger partial charge on any atom is -0.494 e. The number of nitro groups is 1. The van der Waals surface area contributed by atoms with Gasteiger partial charge in [-0.15, -0.1) is 0 Å². The third-order valence-corrected chi connectivity index (χ3v) is 3.12. The molecule has 0 saturated carbocycles. The summed E-state index contributed by atoms with van der Waals surface area (Å²) in [7, 11) is 1.50. The van der Waals surface area contributed by atoms with Crippen molar-refractivity contribution in [2.75, 3.05) is 7.11 Å². The summed E-state index contributed by atoms with van der Waals surface area (Å²) < 4.78 is 6.12. The van der Waals surface area contributed by atoms with Gasteiger partial charge < -0.3 is 4.74 Å². The van der Waals surface area contributed by atoms with Crippen molar-refractivity contribution in [2.45, 2.75) is 0 Å². The van der Waals surface area contributed by atoms with Crippen LogP contribution in [-0.2, 0) is 0 Å². The lowest BCUT2D eigenvalue weighted by Crippen LogP contribution is -1.90. The van der Waals surface area contributed by atoms with Gasteiger partial charge in [0.15, 0.2) is 0 Å². The molecule has 0 fully saturated rings. The number of nitrogens with zero attached hydrogens (tertiary/aromatic N) is 2. The minimum atomic E-state index is -0.460. The molecule has 102 valence electrons. The topological polar surface area (TPSA) is 64.7 Å². The maximum absolute atomic E-state index is 10.8. The SMILES string of the molecule is COc1ccc([N+](=O)[O-])cc1N=Cc1ccc(Br)cc1. The van der Waals surface area contributed by atoms with Crippen LogP contribution < -0.4 is 4.74 Å². The molecule has 0 radical (unpaired) electrons. The Morgan fingerprint density at radius 3 is 2.55 bits per heavy atom. The Morgan fingerprint density at radius 2 is 1.95 bits per heavy atom. The first-order valence-corrected chi connectivity index (χ1v) is 6.51. The van der Waals surface area contributed by atoms with Crippen molar-refractivity contribution in [3.8, 4) is 5.75 Å². The fourth-order valence-electron chi connectivity index (χ4n) is 1.59. The highest BCUT2D eigenvalue weighted by Gasteiger charge is 2.10. The first kappa shape index (κ1) is 14.2. The molecule has 0 amide bonds. The molecule has 6 heteroatoms. The summed E-state index contributed by atoms with van der Waals surface area (Å²) in [5, 5.41) is 10.8. The number of non-ortho nitro benzene ring substituents is 1. The smallest absolute Gasteiger partial charge is 0.271 e. The van der Waals surface area contributed by atoms with Gasteiger partial charge in [-0.05, 0) is 23.8 Å². The van der Waals surface area contributed by atoms with Crippen LogP contribution in [0, 0.1) is 10.1 Å². The van der Waals surface area contributed by atoms with Gasteiger partial charge in [0.1, 0.15) is 11.4 Å². The number of rotatable bonds is 4. The Bertz CT molecular complexity index is 654. The van der Waals surface area contributed by atoms with Crippen molar-refractivity contribution in [1.82, 2.24) is 0 Å². The summed E-state index contributed by atoms with van der Waals surface area (Å²) in [5.41, 5.74) is 1.29. The number of benzene rings is 2. The van der Waals surface area contributed by atoms with Gasteiger partial charge in [0.2, 0.25) is 0 Å². The third-order valence-electron chi connectivity index (χ3n) is 2.60. The largest absolute Gasteiger partial charge is 0.494 e. The van der Waals surface area contributed by atoms with Gasteiger partial charge in [0, 0.05) is 22.8 Å². The van der Waals surface area contributed by atoms with E-state index in [9.17, 15) is 10.1 Å². The second-order valence-electron chi connectivity index (χ2n) is 3.92. The van der Waals surface area contributed by atoms with Gasteiger partial charge in [-0.25, -0.2) is 0 Å². The van der Waals surface area contributed by atoms with E-state index in [0.717, 1.165) is 10.0 Å². The number of methoxy groups -OCH3 is 1. The zero-order chi connectivity index (χ0) is 14.5. The fraction of sp³-hybridized carbons (Fsp3) is 0.0714. The molecule has 2 rings (SSSR count). The van der Waals surface area contributed by atoms with Crippen LogP contribution in [0.25, 0.3) is 0 Å². The molecule has 0 aliphatic heterocycles. The number of hydrogen-bond donors (Lipinski definition) is 0. The Hall–Kier alpha value is -2.21. The molecular weight excluding hydrogens is 324 g/mol. The number of halogens is 1. The molecule has 0 unspecified atom stereocenters. The zero-order valence-corrected chi connectivity index (χ0v) is 12.2. The van der Waals surface area contributed by atoms with E-state index in [0.29, 0.717) is 11.4 Å². The Labute approximate surface area is 124 Å². The monoisotopic (exact) mass is 334 g/mol. The zero-order valence-electron chi connectivity index (χ0n) is 10.6. The normalized spacial score (nSPS) is 10.7. The highest BCUT2D eigenvalue weighted by atomic mass is 79.9. The average molecular weight is 335 g/mol. The number of aliphatic imine (C=N–C) groups is 1. The van der Waals surface area contributed by atoms with E-state index in [-0.39, 0.29) is 5.69 Å². The molecule has 20 heavy (non-hydrogen) atoms. The van der Waals surface area contributed by atoms with Crippen molar-refractivity contribution in [2.24, 2.45) is 4.99 Å². The fourth-order valence-corrected chi connectivity index (χ4v) is 1.85. The predicted molar refractivity (Wildman–Crippen MR) is 81.0 cm³/mol. The molecule has 0 atom stereocenters. The quantitative estimate of drug-likeness (QED) is 0.480. The maximum Gasteiger partial charge on any atom is 0.271 e. The van der Waals surface area contributed by atoms with E-state index < -0.39 is 4.92 Å². The molecular formula is C14H11BrN2O3. The Balaban J connectivity index is 2.33. The van der Waals surface area contributed by atoms with Gasteiger partial charge in [0.05, 0.1) is 12.0 Å². The van der Waals surface area contributed by atoms with E-state index in [1.54, 1.807) is 6.21 Å². The van der Waals surface area contributed by atoms with Crippen LogP contribution >= 0.6 is 15.9 Å². The lowest BCUT2D eigenvalue weighted by molar-refractivity contribution is -0.384. The Morgan fingerprint density at radius 1 is 1.25 bits per heavy atom. The molecule has 0 aromatic heterocycles. The summed E-state index contributed by atoms with van der Waals surface area (Å²) in [6.07, 6.45) is 1.63. The summed E-state index contributed by atoms with van der Waals surface area (Å²) in [5.74, 6) is 0.490. The van der Waals surface area contributed by atoms with Crippen molar-refractivity contribution in [3.05, 3.63) is 62.6 Å². The van der Waals surface area contributed by atoms with Crippen molar-refractivity contribution in [1.29, 1.82) is 0 Å². The summed E-state index contributed by atoms with van der Waals surface area (Å²) in [6.45, 7) is 0. The van der Waals surface area contributed by atoms with Gasteiger partial charge >= 0.3 is 0 Å². The van der Waals surface area contributed by atoms with Crippen molar-refractivity contribution < 1.29 is 9.66 Å². The number of hydrogen-bond acceptors (Lipinski definition) is 4. The van der Waals surface area contributed by atoms with E-state index in [1.807, 2.05) is 24.3 Å². The van der Waals surface area contributed by atoms with Gasteiger partial charge in [0.25, 0.3) is 5.69 Å². The average Bonchev–Trinajstić information content (AvgIpc) is 2.46. The van der Waals surface area contributed by atoms with Crippen LogP contribution in [0.5, 0.6) is 5.75 Å². The number of nitro benzene ring substituents is 1. The van der Waals surface area contributed by atoms with Crippen LogP contribution in [0.1, 0.15) is 5.56 Å². The Kier molecular flexibility index (Phi) is 4.47. The van der Waals surface area contributed by atoms with Crippen LogP contribution in [0.15, 0.2) is 51.9 Å². The predicted octanol–water partition coefficient (Wildman–Crippen LogP) is 4.12. The van der Waals surface area contributed by atoms with Gasteiger partial charge in [-0.1, -0.05) is 28.1 Å². The van der Waals surface area contributed by atoms with Crippen LogP contribution in [0.4, 0.5) is 11.4 Å². The molecule has 0 N–H and O–H groups in total. The maximum atomic E-state index is 10.8. The van der Waals surface area contributed by atoms with Crippen LogP contribution in [0.2, 0.25) is 0 Å². The first-order valence-electron chi connectivity index (χ1n) is 5.72. The third kappa shape index (κ3) is 3.42. The molecule has 0 aliphatic carbocycles. The second-order valence-corrected chi connectivity index (χ2v) is 4.84. The molecule has 0 aliphatic rings.